The van der Waals surface area contributed by atoms with Crippen LogP contribution >= 0.6 is 0 Å². The van der Waals surface area contributed by atoms with Gasteiger partial charge in [0.1, 0.15) is 27.2 Å². The number of nitrogens with one attached hydrogen (secondary N) is 2. The summed E-state index contributed by atoms with van der Waals surface area (Å²) in [6.07, 6.45) is 1.66. The Bertz CT molecular complexity index is 2620. The summed E-state index contributed by atoms with van der Waals surface area (Å²) in [5.74, 6) is -0.211. The third kappa shape index (κ3) is 94.6. The molecular weight excluding hydrogens is 1440 g/mol. The molecule has 0 aliphatic carbocycles. The first-order chi connectivity index (χ1) is 53.5. The molecule has 0 aromatic heterocycles. The second-order valence-corrected chi connectivity index (χ2v) is 21.1. The second kappa shape index (κ2) is 106. The van der Waals surface area contributed by atoms with Crippen LogP contribution in [0.1, 0.15) is 103 Å². The van der Waals surface area contributed by atoms with E-state index in [0.29, 0.717) is 46.4 Å². The molecule has 1 aliphatic heterocycles. The van der Waals surface area contributed by atoms with Crippen LogP contribution < -0.4 is 16.4 Å². The number of esters is 1. The summed E-state index contributed by atoms with van der Waals surface area (Å²) < 4.78 is 45.0. The predicted molar refractivity (Wildman–Crippen MR) is 470 cm³/mol. The minimum atomic E-state index is -0.211. The molecule has 1 radical (unpaired) electrons. The van der Waals surface area contributed by atoms with E-state index < -0.39 is 0 Å². The van der Waals surface area contributed by atoms with Crippen LogP contribution in [0.25, 0.3) is 64.3 Å². The Morgan fingerprint density at radius 1 is 0.441 bits per heavy atom. The Hall–Kier alpha value is -7.74. The fourth-order valence-electron chi connectivity index (χ4n) is 7.21. The maximum absolute atomic E-state index is 9.82. The molecule has 11 rings (SSSR count). The standard InChI is InChI=1S/5C10H8.2C4H11N.C4H8O2.C4H8O.4C3H8O2.C3H8O.C2H5N3.C2H7N.C2H6O.C2H6.CH4O.V/c5*1-2-6-10-8-4-3-7-9(10)5-1;2*1-3-5-4-2;1-3-6-4(2)5;1-2-4-3-5-4;4*1-4-3-5-2;1-3(2)4;1-2-4-5-3;2*1-2-3;2*1-2;/h5*1-8H;2*5H,3-4H2,1-2H3;3H2,1-2H3;4H,2-3H2,1H3;4*3H2,1-2H3;3-4H,1-2H3;2H2,1H3;2-3H2,1H3;3H,2H2,1H3;1-2H3;2H,1H3;. The van der Waals surface area contributed by atoms with Gasteiger partial charge in [-0.15, -0.1) is 0 Å². The number of methoxy groups -OCH3 is 8. The second-order valence-electron chi connectivity index (χ2n) is 21.1. The van der Waals surface area contributed by atoms with Crippen LogP contribution in [-0.4, -0.2) is 184 Å². The minimum absolute atomic E-state index is 0. The molecule has 0 bridgehead atoms. The number of nitrogens with two attached hydrogens (primary N) is 1. The van der Waals surface area contributed by atoms with Gasteiger partial charge in [0.05, 0.1) is 19.3 Å². The first-order valence-corrected chi connectivity index (χ1v) is 37.2. The van der Waals surface area contributed by atoms with Gasteiger partial charge >= 0.3 is 5.97 Å². The molecule has 625 valence electrons. The zero-order chi connectivity index (χ0) is 84.6. The summed E-state index contributed by atoms with van der Waals surface area (Å²) in [5, 5.41) is 45.1. The van der Waals surface area contributed by atoms with Crippen LogP contribution in [0.4, 0.5) is 0 Å². The zero-order valence-electron chi connectivity index (χ0n) is 71.8. The molecule has 111 heavy (non-hydrogen) atoms. The average molecular weight is 1590 g/mol. The molecule has 1 unspecified atom stereocenters. The topological polar surface area (TPSA) is 272 Å². The van der Waals surface area contributed by atoms with Gasteiger partial charge in [-0.05, 0) is 126 Å². The molecule has 0 saturated carbocycles. The number of aliphatic hydroxyl groups is 3. The molecule has 1 atom stereocenters. The van der Waals surface area contributed by atoms with Gasteiger partial charge in [-0.25, -0.2) is 0 Å². The fourth-order valence-corrected chi connectivity index (χ4v) is 7.21. The van der Waals surface area contributed by atoms with E-state index in [1.807, 2.05) is 20.8 Å². The number of rotatable bonds is 15. The summed E-state index contributed by atoms with van der Waals surface area (Å²) in [6, 6.07) is 83.6. The van der Waals surface area contributed by atoms with Gasteiger partial charge in [-0.1, -0.05) is 310 Å². The molecule has 1 saturated heterocycles. The number of epoxide rings is 1. The van der Waals surface area contributed by atoms with Crippen molar-refractivity contribution in [2.24, 2.45) is 10.8 Å². The number of nitrogens with zero attached hydrogens (tertiary/aromatic N) is 3. The van der Waals surface area contributed by atoms with Crippen molar-refractivity contribution in [1.82, 2.24) is 10.6 Å². The first-order valence-electron chi connectivity index (χ1n) is 37.2. The number of benzene rings is 10. The Morgan fingerprint density at radius 3 is 0.613 bits per heavy atom. The SMILES string of the molecule is CC.CC(C)O.CCC1CO1.CCN.CCN=[N+]=[N-].CCNCC.CCNCC.CCO.CCOC(C)=O.CO.COCOC.COCOC.COCOC.COCOC.[V].c1ccc2ccccc2c1.c1ccc2ccccc2c1.c1ccc2ccccc2c1.c1ccc2ccccc2c1.c1ccc2ccccc2c1. The van der Waals surface area contributed by atoms with Crippen LogP contribution in [0.5, 0.6) is 0 Å². The summed E-state index contributed by atoms with van der Waals surface area (Å²) in [6.45, 7) is 35.5. The van der Waals surface area contributed by atoms with Crippen molar-refractivity contribution in [2.75, 3.05) is 150 Å². The summed E-state index contributed by atoms with van der Waals surface area (Å²) in [4.78, 5) is 12.3. The van der Waals surface area contributed by atoms with E-state index in [0.717, 1.165) is 46.4 Å². The molecule has 0 amide bonds. The molecule has 10 aromatic rings. The van der Waals surface area contributed by atoms with Crippen molar-refractivity contribution in [2.45, 2.75) is 116 Å². The number of carbonyl (C=O) groups excluding carboxylic acids is 1. The van der Waals surface area contributed by atoms with E-state index in [4.69, 9.17) is 31.3 Å². The quantitative estimate of drug-likeness (QED) is 0.0139. The normalized spacial score (nSPS) is 9.75. The Kier molecular flexibility index (Phi) is 117. The number of fused-ring (bicyclic) bond motifs is 5. The number of aliphatic hydroxyl groups excluding tert-OH is 3. The fraction of sp³-hybridized carbons (Fsp3) is 0.433. The maximum Gasteiger partial charge on any atom is 0.302 e. The van der Waals surface area contributed by atoms with Crippen LogP contribution in [0.2, 0.25) is 0 Å². The Labute approximate surface area is 682 Å². The monoisotopic (exact) mass is 1590 g/mol. The van der Waals surface area contributed by atoms with Gasteiger partial charge in [-0.3, -0.25) is 4.79 Å². The maximum atomic E-state index is 9.82. The molecule has 7 N–H and O–H groups in total. The van der Waals surface area contributed by atoms with Gasteiger partial charge in [0.2, 0.25) is 0 Å². The molecular formula is C90H146N6O14V. The van der Waals surface area contributed by atoms with Crippen molar-refractivity contribution in [3.8, 4) is 0 Å². The van der Waals surface area contributed by atoms with Crippen LogP contribution in [0.15, 0.2) is 248 Å². The van der Waals surface area contributed by atoms with E-state index in [1.54, 1.807) is 91.5 Å². The molecule has 10 aromatic carbocycles. The zero-order valence-corrected chi connectivity index (χ0v) is 73.2. The van der Waals surface area contributed by atoms with Crippen LogP contribution in [0.3, 0.4) is 0 Å². The van der Waals surface area contributed by atoms with Gasteiger partial charge in [0, 0.05) is 114 Å². The third-order valence-electron chi connectivity index (χ3n) is 11.6. The van der Waals surface area contributed by atoms with Gasteiger partial charge in [-0.2, -0.15) is 0 Å². The van der Waals surface area contributed by atoms with Crippen LogP contribution in [-0.2, 0) is 70.7 Å². The predicted octanol–water partition coefficient (Wildman–Crippen LogP) is 20.0. The van der Waals surface area contributed by atoms with E-state index in [9.17, 15) is 4.79 Å². The average Bonchev–Trinajstić information content (AvgIpc) is 1.17. The molecule has 21 heteroatoms. The van der Waals surface area contributed by atoms with Crippen molar-refractivity contribution >= 4 is 59.8 Å². The van der Waals surface area contributed by atoms with Crippen molar-refractivity contribution in [3.63, 3.8) is 0 Å². The van der Waals surface area contributed by atoms with Crippen molar-refractivity contribution in [1.29, 1.82) is 0 Å². The Balaban J connectivity index is -0.000000144. The summed E-state index contributed by atoms with van der Waals surface area (Å²) in [5.41, 5.74) is 12.4. The van der Waals surface area contributed by atoms with Crippen molar-refractivity contribution in [3.05, 3.63) is 253 Å². The third-order valence-corrected chi connectivity index (χ3v) is 11.6. The minimum Gasteiger partial charge on any atom is -0.466 e. The largest absolute Gasteiger partial charge is 0.466 e. The van der Waals surface area contributed by atoms with Gasteiger partial charge < -0.3 is 79.1 Å². The number of ether oxygens (including phenoxy) is 10. The number of carbonyl (C=O) groups is 1. The Morgan fingerprint density at radius 2 is 0.586 bits per heavy atom. The van der Waals surface area contributed by atoms with E-state index in [1.165, 1.54) is 67.2 Å². The molecule has 1 fully saturated rings. The number of hydrogen-bond donors (Lipinski definition) is 6. The van der Waals surface area contributed by atoms with Crippen LogP contribution in [0, 0.1) is 0 Å². The summed E-state index contributed by atoms with van der Waals surface area (Å²) >= 11 is 0. The van der Waals surface area contributed by atoms with Gasteiger partial charge in [0.15, 0.2) is 0 Å². The first kappa shape index (κ1) is 122. The molecule has 20 nitrogen and oxygen atoms in total. The molecule has 1 aliphatic rings. The van der Waals surface area contributed by atoms with E-state index >= 15 is 0 Å². The summed E-state index contributed by atoms with van der Waals surface area (Å²) in [7, 11) is 13.7. The van der Waals surface area contributed by atoms with E-state index in [2.05, 4.69) is 341 Å². The molecule has 0 spiro atoms. The smallest absolute Gasteiger partial charge is 0.302 e. The molecule has 1 heterocycles. The van der Waals surface area contributed by atoms with Crippen molar-refractivity contribution < 1.29 is 86.0 Å². The van der Waals surface area contributed by atoms with Gasteiger partial charge in [0.25, 0.3) is 0 Å². The number of hydrogen-bond acceptors (Lipinski definition) is 18. The number of azide groups is 1. The van der Waals surface area contributed by atoms with E-state index in [-0.39, 0.29) is 37.2 Å².